The molecular weight excluding hydrogens is 446 g/mol. The Labute approximate surface area is 183 Å². The van der Waals surface area contributed by atoms with Crippen LogP contribution in [0.25, 0.3) is 0 Å². The van der Waals surface area contributed by atoms with Crippen molar-refractivity contribution in [3.8, 4) is 11.5 Å². The molecule has 0 saturated heterocycles. The molecule has 0 aliphatic heterocycles. The molecule has 170 valence electrons. The lowest BCUT2D eigenvalue weighted by Gasteiger charge is -2.20. The first-order chi connectivity index (χ1) is 14.4. The van der Waals surface area contributed by atoms with Gasteiger partial charge in [0.1, 0.15) is 16.4 Å². The van der Waals surface area contributed by atoms with Gasteiger partial charge in [-0.1, -0.05) is 15.3 Å². The standard InChI is InChI=1S/C20H26FN2O6PS/c1-4-28-17-11-14(22-19(25)9-10-24)7-8-18(17)31(26,27)23-15-6-5-13(2)16(12-15)29-20(3,21)30/h5-8,11-12,23-24H,4,9-10,30H2,1-3H3,(H,22,25). The molecule has 0 radical (unpaired) electrons. The summed E-state index contributed by atoms with van der Waals surface area (Å²) in [6, 6.07) is 8.63. The fourth-order valence-electron chi connectivity index (χ4n) is 2.60. The Kier molecular flexibility index (Phi) is 8.22. The number of alkyl halides is 1. The Morgan fingerprint density at radius 1 is 1.19 bits per heavy atom. The monoisotopic (exact) mass is 472 g/mol. The van der Waals surface area contributed by atoms with Gasteiger partial charge in [-0.2, -0.15) is 4.39 Å². The van der Waals surface area contributed by atoms with Crippen LogP contribution in [0.5, 0.6) is 11.5 Å². The lowest BCUT2D eigenvalue weighted by atomic mass is 10.2. The number of benzene rings is 2. The summed E-state index contributed by atoms with van der Waals surface area (Å²) < 4.78 is 52.9. The number of carbonyl (C=O) groups excluding carboxylic acids is 1. The molecule has 0 aliphatic rings. The highest BCUT2D eigenvalue weighted by Crippen LogP contribution is 2.33. The number of hydrogen-bond acceptors (Lipinski definition) is 6. The van der Waals surface area contributed by atoms with Crippen LogP contribution in [-0.4, -0.2) is 38.2 Å². The zero-order valence-electron chi connectivity index (χ0n) is 17.4. The maximum atomic E-state index is 13.8. The Morgan fingerprint density at radius 2 is 1.84 bits per heavy atom. The van der Waals surface area contributed by atoms with E-state index >= 15 is 0 Å². The summed E-state index contributed by atoms with van der Waals surface area (Å²) in [7, 11) is -2.16. The van der Waals surface area contributed by atoms with E-state index in [1.165, 1.54) is 37.3 Å². The minimum absolute atomic E-state index is 0.0432. The number of hydrogen-bond donors (Lipinski definition) is 3. The average Bonchev–Trinajstić information content (AvgIpc) is 2.63. The Morgan fingerprint density at radius 3 is 2.45 bits per heavy atom. The topological polar surface area (TPSA) is 114 Å². The molecule has 3 N–H and O–H groups in total. The van der Waals surface area contributed by atoms with E-state index in [1.807, 2.05) is 9.24 Å². The molecule has 2 atom stereocenters. The molecule has 0 heterocycles. The van der Waals surface area contributed by atoms with Crippen molar-refractivity contribution in [3.63, 3.8) is 0 Å². The van der Waals surface area contributed by atoms with Crippen LogP contribution in [0.15, 0.2) is 41.3 Å². The van der Waals surface area contributed by atoms with Gasteiger partial charge >= 0.3 is 0 Å². The smallest absolute Gasteiger partial charge is 0.265 e. The van der Waals surface area contributed by atoms with Gasteiger partial charge in [0.2, 0.25) is 5.91 Å². The maximum Gasteiger partial charge on any atom is 0.265 e. The van der Waals surface area contributed by atoms with Crippen LogP contribution in [0.4, 0.5) is 15.8 Å². The van der Waals surface area contributed by atoms with Gasteiger partial charge in [0, 0.05) is 24.7 Å². The van der Waals surface area contributed by atoms with Crippen LogP contribution in [-0.2, 0) is 14.8 Å². The molecule has 0 aromatic heterocycles. The number of carbonyl (C=O) groups is 1. The van der Waals surface area contributed by atoms with E-state index in [1.54, 1.807) is 19.9 Å². The molecular formula is C20H26FN2O6PS. The molecule has 2 aromatic rings. The maximum absolute atomic E-state index is 13.8. The van der Waals surface area contributed by atoms with Crippen molar-refractivity contribution in [1.29, 1.82) is 0 Å². The number of halogens is 1. The first-order valence-corrected chi connectivity index (χ1v) is 11.5. The number of nitrogens with one attached hydrogen (secondary N) is 2. The number of aliphatic hydroxyl groups is 1. The second-order valence-corrected chi connectivity index (χ2v) is 9.47. The van der Waals surface area contributed by atoms with Crippen LogP contribution >= 0.6 is 9.24 Å². The summed E-state index contributed by atoms with van der Waals surface area (Å²) in [5, 5.41) is 11.4. The van der Waals surface area contributed by atoms with Crippen molar-refractivity contribution in [1.82, 2.24) is 0 Å². The third kappa shape index (κ3) is 7.34. The van der Waals surface area contributed by atoms with E-state index in [0.29, 0.717) is 11.3 Å². The van der Waals surface area contributed by atoms with Crippen LogP contribution < -0.4 is 19.5 Å². The first kappa shape index (κ1) is 24.8. The van der Waals surface area contributed by atoms with E-state index < -0.39 is 21.5 Å². The number of rotatable bonds is 10. The third-order valence-electron chi connectivity index (χ3n) is 3.91. The highest BCUT2D eigenvalue weighted by molar-refractivity contribution is 7.92. The number of aliphatic hydroxyl groups excluding tert-OH is 1. The molecule has 0 spiro atoms. The quantitative estimate of drug-likeness (QED) is 0.457. The SMILES string of the molecule is CCOc1cc(NC(=O)CCO)ccc1S(=O)(=O)Nc1ccc(C)c(OC(C)(F)P)c1. The van der Waals surface area contributed by atoms with Crippen molar-refractivity contribution in [2.45, 2.75) is 37.7 Å². The normalized spacial score (nSPS) is 13.2. The molecule has 11 heteroatoms. The van der Waals surface area contributed by atoms with E-state index in [2.05, 4.69) is 10.0 Å². The number of amides is 1. The largest absolute Gasteiger partial charge is 0.492 e. The van der Waals surface area contributed by atoms with Crippen molar-refractivity contribution in [2.75, 3.05) is 23.3 Å². The van der Waals surface area contributed by atoms with Gasteiger partial charge in [-0.25, -0.2) is 8.42 Å². The molecule has 0 saturated carbocycles. The number of aryl methyl sites for hydroxylation is 1. The van der Waals surface area contributed by atoms with Crippen molar-refractivity contribution >= 4 is 36.5 Å². The van der Waals surface area contributed by atoms with Gasteiger partial charge in [0.05, 0.1) is 25.3 Å². The number of anilines is 2. The Hall–Kier alpha value is -2.42. The molecule has 1 amide bonds. The second-order valence-electron chi connectivity index (χ2n) is 6.79. The van der Waals surface area contributed by atoms with Gasteiger partial charge in [0.25, 0.3) is 15.6 Å². The van der Waals surface area contributed by atoms with Crippen molar-refractivity contribution in [3.05, 3.63) is 42.0 Å². The summed E-state index contributed by atoms with van der Waals surface area (Å²) in [6.45, 7) is 4.51. The minimum Gasteiger partial charge on any atom is -0.492 e. The summed E-state index contributed by atoms with van der Waals surface area (Å²) >= 11 is 0. The molecule has 0 fully saturated rings. The summed E-state index contributed by atoms with van der Waals surface area (Å²) in [6.07, 6.45) is -0.0857. The molecule has 0 aliphatic carbocycles. The van der Waals surface area contributed by atoms with Crippen LogP contribution in [0.3, 0.4) is 0 Å². The molecule has 31 heavy (non-hydrogen) atoms. The fraction of sp³-hybridized carbons (Fsp3) is 0.350. The Bertz CT molecular complexity index is 1040. The summed E-state index contributed by atoms with van der Waals surface area (Å²) in [5.41, 5.74) is -0.875. The molecule has 2 unspecified atom stereocenters. The number of ether oxygens (including phenoxy) is 2. The van der Waals surface area contributed by atoms with Gasteiger partial charge < -0.3 is 19.9 Å². The molecule has 8 nitrogen and oxygen atoms in total. The van der Waals surface area contributed by atoms with Crippen LogP contribution in [0.2, 0.25) is 0 Å². The second kappa shape index (κ2) is 10.3. The highest BCUT2D eigenvalue weighted by Gasteiger charge is 2.23. The van der Waals surface area contributed by atoms with Crippen LogP contribution in [0.1, 0.15) is 25.8 Å². The molecule has 0 bridgehead atoms. The van der Waals surface area contributed by atoms with E-state index in [4.69, 9.17) is 14.6 Å². The highest BCUT2D eigenvalue weighted by atomic mass is 32.2. The summed E-state index contributed by atoms with van der Waals surface area (Å²) in [4.78, 5) is 11.5. The predicted molar refractivity (Wildman–Crippen MR) is 120 cm³/mol. The van der Waals surface area contributed by atoms with Crippen LogP contribution in [0, 0.1) is 6.92 Å². The minimum atomic E-state index is -4.08. The third-order valence-corrected chi connectivity index (χ3v) is 5.44. The predicted octanol–water partition coefficient (Wildman–Crippen LogP) is 3.41. The average molecular weight is 472 g/mol. The zero-order chi connectivity index (χ0) is 23.2. The zero-order valence-corrected chi connectivity index (χ0v) is 19.4. The first-order valence-electron chi connectivity index (χ1n) is 9.43. The van der Waals surface area contributed by atoms with E-state index in [0.717, 1.165) is 0 Å². The lowest BCUT2D eigenvalue weighted by Crippen LogP contribution is -2.18. The van der Waals surface area contributed by atoms with E-state index in [-0.39, 0.29) is 41.7 Å². The summed E-state index contributed by atoms with van der Waals surface area (Å²) in [5.74, 6) is -0.186. The fourth-order valence-corrected chi connectivity index (χ4v) is 3.90. The van der Waals surface area contributed by atoms with E-state index in [9.17, 15) is 17.6 Å². The Balaban J connectivity index is 2.34. The van der Waals surface area contributed by atoms with Gasteiger partial charge in [-0.3, -0.25) is 9.52 Å². The van der Waals surface area contributed by atoms with Gasteiger partial charge in [-0.05, 0) is 37.6 Å². The molecule has 2 aromatic carbocycles. The van der Waals surface area contributed by atoms with Crippen molar-refractivity contribution < 1.29 is 32.2 Å². The van der Waals surface area contributed by atoms with Crippen molar-refractivity contribution in [2.24, 2.45) is 0 Å². The number of sulfonamides is 1. The lowest BCUT2D eigenvalue weighted by molar-refractivity contribution is -0.116. The van der Waals surface area contributed by atoms with Gasteiger partial charge in [0.15, 0.2) is 0 Å². The van der Waals surface area contributed by atoms with Gasteiger partial charge in [-0.15, -0.1) is 0 Å². The molecule has 2 rings (SSSR count).